The van der Waals surface area contributed by atoms with Crippen molar-refractivity contribution in [1.82, 2.24) is 0 Å². The highest BCUT2D eigenvalue weighted by Gasteiger charge is 2.10. The van der Waals surface area contributed by atoms with Gasteiger partial charge in [-0.3, -0.25) is 0 Å². The summed E-state index contributed by atoms with van der Waals surface area (Å²) in [6, 6.07) is 11.8. The number of hydrogen-bond acceptors (Lipinski definition) is 2. The molecule has 0 radical (unpaired) electrons. The first-order valence-electron chi connectivity index (χ1n) is 6.13. The van der Waals surface area contributed by atoms with Crippen LogP contribution in [0, 0.1) is 5.82 Å². The number of halogens is 3. The molecule has 0 heterocycles. The average molecular weight is 359 g/mol. The Hall–Kier alpha value is -1.10. The molecule has 0 aliphatic heterocycles. The van der Waals surface area contributed by atoms with Gasteiger partial charge in [0.25, 0.3) is 0 Å². The van der Waals surface area contributed by atoms with Crippen LogP contribution in [0.15, 0.2) is 46.9 Å². The lowest BCUT2D eigenvalue weighted by molar-refractivity contribution is 0.287. The monoisotopic (exact) mass is 357 g/mol. The minimum absolute atomic E-state index is 0.230. The summed E-state index contributed by atoms with van der Waals surface area (Å²) in [5.74, 6) is 0.386. The second-order valence-electron chi connectivity index (χ2n) is 4.45. The summed E-state index contributed by atoms with van der Waals surface area (Å²) in [4.78, 5) is 0. The van der Waals surface area contributed by atoms with Crippen molar-refractivity contribution in [3.63, 3.8) is 0 Å². The highest BCUT2D eigenvalue weighted by Crippen LogP contribution is 2.22. The van der Waals surface area contributed by atoms with E-state index in [1.165, 1.54) is 6.07 Å². The summed E-state index contributed by atoms with van der Waals surface area (Å²) in [5, 5.41) is 0.615. The van der Waals surface area contributed by atoms with Gasteiger partial charge in [0, 0.05) is 11.1 Å². The quantitative estimate of drug-likeness (QED) is 0.870. The van der Waals surface area contributed by atoms with Crippen LogP contribution >= 0.6 is 27.5 Å². The predicted molar refractivity (Wildman–Crippen MR) is 82.7 cm³/mol. The molecule has 5 heteroatoms. The summed E-state index contributed by atoms with van der Waals surface area (Å²) in [5.41, 5.74) is 6.84. The van der Waals surface area contributed by atoms with E-state index >= 15 is 0 Å². The lowest BCUT2D eigenvalue weighted by atomic mass is 10.1. The molecule has 2 aromatic carbocycles. The molecule has 1 unspecified atom stereocenters. The van der Waals surface area contributed by atoms with E-state index in [1.807, 2.05) is 18.2 Å². The van der Waals surface area contributed by atoms with Gasteiger partial charge in [-0.1, -0.05) is 29.8 Å². The summed E-state index contributed by atoms with van der Waals surface area (Å²) in [7, 11) is 0. The van der Waals surface area contributed by atoms with Crippen LogP contribution in [0.2, 0.25) is 5.02 Å². The maximum atomic E-state index is 13.4. The third kappa shape index (κ3) is 4.20. The van der Waals surface area contributed by atoms with Gasteiger partial charge in [0.1, 0.15) is 18.2 Å². The molecule has 2 nitrogen and oxygen atoms in total. The van der Waals surface area contributed by atoms with Crippen molar-refractivity contribution in [2.24, 2.45) is 5.73 Å². The first-order chi connectivity index (χ1) is 9.56. The number of ether oxygens (including phenoxy) is 1. The van der Waals surface area contributed by atoms with Crippen LogP contribution in [0.5, 0.6) is 5.75 Å². The Balaban J connectivity index is 1.92. The third-order valence-corrected chi connectivity index (χ3v) is 3.90. The van der Waals surface area contributed by atoms with E-state index in [9.17, 15) is 4.39 Å². The lowest BCUT2D eigenvalue weighted by Gasteiger charge is -2.14. The van der Waals surface area contributed by atoms with Crippen molar-refractivity contribution in [1.29, 1.82) is 0 Å². The molecule has 2 rings (SSSR count). The molecule has 2 N–H and O–H groups in total. The van der Waals surface area contributed by atoms with Crippen molar-refractivity contribution >= 4 is 27.5 Å². The van der Waals surface area contributed by atoms with Crippen molar-refractivity contribution in [2.45, 2.75) is 12.5 Å². The van der Waals surface area contributed by atoms with E-state index in [2.05, 4.69) is 15.9 Å². The van der Waals surface area contributed by atoms with Gasteiger partial charge >= 0.3 is 0 Å². The molecular weight excluding hydrogens is 345 g/mol. The van der Waals surface area contributed by atoms with E-state index in [0.717, 1.165) is 5.56 Å². The van der Waals surface area contributed by atoms with Crippen LogP contribution in [-0.2, 0) is 6.42 Å². The molecule has 106 valence electrons. The molecule has 0 bridgehead atoms. The lowest BCUT2D eigenvalue weighted by Crippen LogP contribution is -2.30. The van der Waals surface area contributed by atoms with Crippen molar-refractivity contribution in [2.75, 3.05) is 6.61 Å². The topological polar surface area (TPSA) is 35.2 Å². The van der Waals surface area contributed by atoms with Gasteiger partial charge in [-0.25, -0.2) is 4.39 Å². The molecule has 0 saturated heterocycles. The fourth-order valence-electron chi connectivity index (χ4n) is 1.81. The summed E-state index contributed by atoms with van der Waals surface area (Å²) in [6.07, 6.45) is 0.527. The molecule has 2 aromatic rings. The van der Waals surface area contributed by atoms with Gasteiger partial charge in [-0.15, -0.1) is 0 Å². The highest BCUT2D eigenvalue weighted by atomic mass is 79.9. The van der Waals surface area contributed by atoms with E-state index in [4.69, 9.17) is 22.1 Å². The standard InChI is InChI=1S/C15H14BrClFNO/c16-15-10(3-1-6-14(15)18)7-12(19)9-20-13-5-2-4-11(17)8-13/h1-6,8,12H,7,9,19H2. The third-order valence-electron chi connectivity index (χ3n) is 2.77. The molecule has 0 spiro atoms. The zero-order valence-corrected chi connectivity index (χ0v) is 13.0. The van der Waals surface area contributed by atoms with Crippen LogP contribution in [0.1, 0.15) is 5.56 Å². The van der Waals surface area contributed by atoms with Crippen LogP contribution in [0.25, 0.3) is 0 Å². The van der Waals surface area contributed by atoms with Gasteiger partial charge in [-0.2, -0.15) is 0 Å². The van der Waals surface area contributed by atoms with Gasteiger partial charge in [-0.05, 0) is 52.2 Å². The van der Waals surface area contributed by atoms with Gasteiger partial charge < -0.3 is 10.5 Å². The Labute approximate surface area is 130 Å². The van der Waals surface area contributed by atoms with Crippen molar-refractivity contribution in [3.05, 3.63) is 63.3 Å². The van der Waals surface area contributed by atoms with Crippen molar-refractivity contribution in [3.8, 4) is 5.75 Å². The fourth-order valence-corrected chi connectivity index (χ4v) is 2.41. The minimum Gasteiger partial charge on any atom is -0.492 e. The Morgan fingerprint density at radius 2 is 2.00 bits per heavy atom. The SMILES string of the molecule is NC(COc1cccc(Cl)c1)Cc1cccc(F)c1Br. The second-order valence-corrected chi connectivity index (χ2v) is 5.67. The normalized spacial score (nSPS) is 12.2. The molecular formula is C15H14BrClFNO. The van der Waals surface area contributed by atoms with Crippen LogP contribution in [-0.4, -0.2) is 12.6 Å². The second kappa shape index (κ2) is 7.07. The Kier molecular flexibility index (Phi) is 5.40. The minimum atomic E-state index is -0.287. The van der Waals surface area contributed by atoms with Crippen LogP contribution in [0.3, 0.4) is 0 Å². The molecule has 20 heavy (non-hydrogen) atoms. The first kappa shape index (κ1) is 15.3. The van der Waals surface area contributed by atoms with Gasteiger partial charge in [0.15, 0.2) is 0 Å². The summed E-state index contributed by atoms with van der Waals surface area (Å²) in [6.45, 7) is 0.337. The summed E-state index contributed by atoms with van der Waals surface area (Å²) >= 11 is 9.09. The first-order valence-corrected chi connectivity index (χ1v) is 7.30. The molecule has 0 aromatic heterocycles. The van der Waals surface area contributed by atoms with E-state index in [-0.39, 0.29) is 11.9 Å². The fraction of sp³-hybridized carbons (Fsp3) is 0.200. The number of nitrogens with two attached hydrogens (primary N) is 1. The molecule has 0 fully saturated rings. The zero-order chi connectivity index (χ0) is 14.5. The Morgan fingerprint density at radius 1 is 1.25 bits per heavy atom. The molecule has 0 saturated carbocycles. The van der Waals surface area contributed by atoms with E-state index < -0.39 is 0 Å². The molecule has 0 aliphatic carbocycles. The van der Waals surface area contributed by atoms with Crippen LogP contribution in [0.4, 0.5) is 4.39 Å². The molecule has 0 aliphatic rings. The van der Waals surface area contributed by atoms with E-state index in [0.29, 0.717) is 28.3 Å². The van der Waals surface area contributed by atoms with Crippen LogP contribution < -0.4 is 10.5 Å². The zero-order valence-electron chi connectivity index (χ0n) is 10.7. The van der Waals surface area contributed by atoms with Gasteiger partial charge in [0.2, 0.25) is 0 Å². The molecule has 0 amide bonds. The number of benzene rings is 2. The number of rotatable bonds is 5. The van der Waals surface area contributed by atoms with Gasteiger partial charge in [0.05, 0.1) is 4.47 Å². The maximum absolute atomic E-state index is 13.4. The highest BCUT2D eigenvalue weighted by molar-refractivity contribution is 9.10. The van der Waals surface area contributed by atoms with E-state index in [1.54, 1.807) is 18.2 Å². The predicted octanol–water partition coefficient (Wildman–Crippen LogP) is 4.19. The number of hydrogen-bond donors (Lipinski definition) is 1. The Morgan fingerprint density at radius 3 is 2.75 bits per heavy atom. The smallest absolute Gasteiger partial charge is 0.137 e. The van der Waals surface area contributed by atoms with Crippen molar-refractivity contribution < 1.29 is 9.13 Å². The average Bonchev–Trinajstić information content (AvgIpc) is 2.42. The maximum Gasteiger partial charge on any atom is 0.137 e. The molecule has 1 atom stereocenters. The summed E-state index contributed by atoms with van der Waals surface area (Å²) < 4.78 is 19.4. The Bertz CT molecular complexity index is 594. The largest absolute Gasteiger partial charge is 0.492 e.